The number of aliphatic hydroxyl groups is 1. The number of carbonyl (C=O) groups is 2. The van der Waals surface area contributed by atoms with Gasteiger partial charge in [0.05, 0.1) is 29.4 Å². The molecule has 0 saturated heterocycles. The van der Waals surface area contributed by atoms with Gasteiger partial charge in [0.1, 0.15) is 18.1 Å². The highest BCUT2D eigenvalue weighted by Crippen LogP contribution is 2.22. The molecule has 4 rings (SSSR count). The molecular formula is C33H38N4O4. The molecule has 1 heterocycles. The Balaban J connectivity index is 1.50. The second-order valence-corrected chi connectivity index (χ2v) is 10.7. The molecule has 1 unspecified atom stereocenters. The second-order valence-electron chi connectivity index (χ2n) is 10.7. The average Bonchev–Trinajstić information content (AvgIpc) is 2.99. The molecule has 3 atom stereocenters. The molecule has 1 aromatic heterocycles. The highest BCUT2D eigenvalue weighted by Gasteiger charge is 2.29. The van der Waals surface area contributed by atoms with Gasteiger partial charge in [-0.3, -0.25) is 14.6 Å². The molecule has 0 spiro atoms. The summed E-state index contributed by atoms with van der Waals surface area (Å²) >= 11 is 0. The predicted octanol–water partition coefficient (Wildman–Crippen LogP) is 4.71. The summed E-state index contributed by atoms with van der Waals surface area (Å²) in [6.45, 7) is 4.55. The van der Waals surface area contributed by atoms with Gasteiger partial charge < -0.3 is 20.5 Å². The molecule has 41 heavy (non-hydrogen) atoms. The number of aliphatic hydroxyl groups excluding tert-OH is 1. The second kappa shape index (κ2) is 14.4. The zero-order chi connectivity index (χ0) is 29.2. The van der Waals surface area contributed by atoms with Crippen LogP contribution in [-0.4, -0.2) is 46.1 Å². The minimum Gasteiger partial charge on any atom is -0.489 e. The third-order valence-electron chi connectivity index (χ3n) is 6.99. The zero-order valence-electron chi connectivity index (χ0n) is 23.8. The van der Waals surface area contributed by atoms with Gasteiger partial charge in [-0.1, -0.05) is 68.4 Å². The van der Waals surface area contributed by atoms with Crippen molar-refractivity contribution in [3.05, 3.63) is 102 Å². The molecule has 8 nitrogen and oxygen atoms in total. The highest BCUT2D eigenvalue weighted by atomic mass is 16.5. The van der Waals surface area contributed by atoms with Crippen LogP contribution in [0.25, 0.3) is 11.0 Å². The fraction of sp³-hybridized carbons (Fsp3) is 0.333. The summed E-state index contributed by atoms with van der Waals surface area (Å²) in [5, 5.41) is 17.1. The maximum atomic E-state index is 13.3. The molecule has 214 valence electrons. The third-order valence-corrected chi connectivity index (χ3v) is 6.99. The molecule has 0 aliphatic rings. The summed E-state index contributed by atoms with van der Waals surface area (Å²) in [5.41, 5.74) is 3.45. The Bertz CT molecular complexity index is 1430. The van der Waals surface area contributed by atoms with Crippen molar-refractivity contribution in [1.82, 2.24) is 20.6 Å². The van der Waals surface area contributed by atoms with Crippen LogP contribution in [0.4, 0.5) is 0 Å². The number of benzene rings is 3. The van der Waals surface area contributed by atoms with E-state index in [1.807, 2.05) is 86.6 Å². The first-order chi connectivity index (χ1) is 19.8. The number of amides is 2. The first-order valence-electron chi connectivity index (χ1n) is 14.0. The van der Waals surface area contributed by atoms with Crippen LogP contribution in [0.2, 0.25) is 0 Å². The molecule has 4 aromatic rings. The van der Waals surface area contributed by atoms with E-state index in [1.165, 1.54) is 6.20 Å². The summed E-state index contributed by atoms with van der Waals surface area (Å²) in [6, 6.07) is 24.2. The first-order valence-corrected chi connectivity index (χ1v) is 14.0. The van der Waals surface area contributed by atoms with Crippen LogP contribution in [0.15, 0.2) is 85.1 Å². The molecule has 3 aromatic carbocycles. The maximum absolute atomic E-state index is 13.3. The van der Waals surface area contributed by atoms with E-state index in [1.54, 1.807) is 13.1 Å². The van der Waals surface area contributed by atoms with Gasteiger partial charge in [-0.15, -0.1) is 0 Å². The van der Waals surface area contributed by atoms with Crippen molar-refractivity contribution < 1.29 is 19.4 Å². The molecule has 0 bridgehead atoms. The molecule has 8 heteroatoms. The molecule has 3 N–H and O–H groups in total. The van der Waals surface area contributed by atoms with Crippen LogP contribution in [0.3, 0.4) is 0 Å². The SMILES string of the molecule is CNC(=O)[C@H](CC(C)C)C[C@H](O)C(Cc1ccc(OCc2ccccc2)cc1)NC(=O)c1cnc2ccccc2n1. The Morgan fingerprint density at radius 3 is 2.24 bits per heavy atom. The van der Waals surface area contributed by atoms with Crippen molar-refractivity contribution in [2.24, 2.45) is 11.8 Å². The molecule has 0 aliphatic heterocycles. The Morgan fingerprint density at radius 2 is 1.56 bits per heavy atom. The molecular weight excluding hydrogens is 516 g/mol. The quantitative estimate of drug-likeness (QED) is 0.221. The number of hydrogen-bond acceptors (Lipinski definition) is 6. The van der Waals surface area contributed by atoms with E-state index in [0.717, 1.165) is 16.9 Å². The van der Waals surface area contributed by atoms with E-state index in [9.17, 15) is 14.7 Å². The van der Waals surface area contributed by atoms with Gasteiger partial charge in [0.15, 0.2) is 0 Å². The predicted molar refractivity (Wildman–Crippen MR) is 159 cm³/mol. The number of fused-ring (bicyclic) bond motifs is 1. The lowest BCUT2D eigenvalue weighted by Gasteiger charge is -2.28. The van der Waals surface area contributed by atoms with Crippen LogP contribution >= 0.6 is 0 Å². The number of ether oxygens (including phenoxy) is 1. The molecule has 0 radical (unpaired) electrons. The van der Waals surface area contributed by atoms with Gasteiger partial charge in [-0.2, -0.15) is 0 Å². The van der Waals surface area contributed by atoms with Crippen LogP contribution in [-0.2, 0) is 17.8 Å². The van der Waals surface area contributed by atoms with Gasteiger partial charge in [-0.25, -0.2) is 4.98 Å². The standard InChI is InChI=1S/C33H38N4O4/c1-22(2)17-25(32(39)34-3)19-31(38)29(37-33(40)30-20-35-27-11-7-8-12-28(27)36-30)18-23-13-15-26(16-14-23)41-21-24-9-5-4-6-10-24/h4-16,20,22,25,29,31,38H,17-19,21H2,1-3H3,(H,34,39)(H,37,40)/t25-,29?,31+/m1/s1. The minimum absolute atomic E-state index is 0.122. The zero-order valence-corrected chi connectivity index (χ0v) is 23.8. The lowest BCUT2D eigenvalue weighted by Crippen LogP contribution is -2.47. The first kappa shape index (κ1) is 29.7. The number of carbonyl (C=O) groups excluding carboxylic acids is 2. The van der Waals surface area contributed by atoms with Crippen LogP contribution in [0.5, 0.6) is 5.75 Å². The van der Waals surface area contributed by atoms with Crippen LogP contribution < -0.4 is 15.4 Å². The highest BCUT2D eigenvalue weighted by molar-refractivity contribution is 5.94. The largest absolute Gasteiger partial charge is 0.489 e. The Kier molecular flexibility index (Phi) is 10.4. The summed E-state index contributed by atoms with van der Waals surface area (Å²) in [4.78, 5) is 34.7. The van der Waals surface area contributed by atoms with Crippen molar-refractivity contribution in [3.8, 4) is 5.75 Å². The fourth-order valence-electron chi connectivity index (χ4n) is 4.85. The topological polar surface area (TPSA) is 113 Å². The number of nitrogens with zero attached hydrogens (tertiary/aromatic N) is 2. The number of rotatable bonds is 13. The van der Waals surface area contributed by atoms with Crippen molar-refractivity contribution in [1.29, 1.82) is 0 Å². The van der Waals surface area contributed by atoms with E-state index >= 15 is 0 Å². The van der Waals surface area contributed by atoms with E-state index in [2.05, 4.69) is 20.6 Å². The smallest absolute Gasteiger partial charge is 0.271 e. The van der Waals surface area contributed by atoms with E-state index < -0.39 is 18.1 Å². The van der Waals surface area contributed by atoms with E-state index in [4.69, 9.17) is 4.74 Å². The van der Waals surface area contributed by atoms with Gasteiger partial charge >= 0.3 is 0 Å². The molecule has 0 saturated carbocycles. The Labute approximate surface area is 241 Å². The normalized spacial score (nSPS) is 13.4. The lowest BCUT2D eigenvalue weighted by atomic mass is 9.87. The molecule has 0 aliphatic carbocycles. The average molecular weight is 555 g/mol. The molecule has 2 amide bonds. The summed E-state index contributed by atoms with van der Waals surface area (Å²) in [6.07, 6.45) is 1.66. The monoisotopic (exact) mass is 554 g/mol. The summed E-state index contributed by atoms with van der Waals surface area (Å²) < 4.78 is 5.91. The molecule has 0 fully saturated rings. The minimum atomic E-state index is -0.970. The number of nitrogens with one attached hydrogen (secondary N) is 2. The maximum Gasteiger partial charge on any atom is 0.271 e. The Hall–Kier alpha value is -4.30. The van der Waals surface area contributed by atoms with E-state index in [-0.39, 0.29) is 29.9 Å². The van der Waals surface area contributed by atoms with Gasteiger partial charge in [0, 0.05) is 13.0 Å². The van der Waals surface area contributed by atoms with Crippen LogP contribution in [0.1, 0.15) is 48.3 Å². The number of hydrogen-bond donors (Lipinski definition) is 3. The Morgan fingerprint density at radius 1 is 0.878 bits per heavy atom. The van der Waals surface area contributed by atoms with Crippen LogP contribution in [0, 0.1) is 11.8 Å². The van der Waals surface area contributed by atoms with E-state index in [0.29, 0.717) is 30.5 Å². The van der Waals surface area contributed by atoms with Gasteiger partial charge in [0.2, 0.25) is 5.91 Å². The van der Waals surface area contributed by atoms with Crippen molar-refractivity contribution in [2.45, 2.75) is 51.9 Å². The number of para-hydroxylation sites is 2. The summed E-state index contributed by atoms with van der Waals surface area (Å²) in [7, 11) is 1.60. The lowest BCUT2D eigenvalue weighted by molar-refractivity contribution is -0.126. The number of aromatic nitrogens is 2. The summed E-state index contributed by atoms with van der Waals surface area (Å²) in [5.74, 6) is 0.0536. The van der Waals surface area contributed by atoms with Crippen molar-refractivity contribution in [3.63, 3.8) is 0 Å². The third kappa shape index (κ3) is 8.59. The van der Waals surface area contributed by atoms with Crippen molar-refractivity contribution >= 4 is 22.8 Å². The van der Waals surface area contributed by atoms with Gasteiger partial charge in [-0.05, 0) is 60.6 Å². The fourth-order valence-corrected chi connectivity index (χ4v) is 4.85. The van der Waals surface area contributed by atoms with Crippen molar-refractivity contribution in [2.75, 3.05) is 7.05 Å². The van der Waals surface area contributed by atoms with Gasteiger partial charge in [0.25, 0.3) is 5.91 Å².